The van der Waals surface area contributed by atoms with E-state index in [1.807, 2.05) is 19.9 Å². The molecule has 6 nitrogen and oxygen atoms in total. The molecular weight excluding hydrogens is 238 g/mol. The van der Waals surface area contributed by atoms with E-state index < -0.39 is 18.3 Å². The van der Waals surface area contributed by atoms with Crippen LogP contribution in [0, 0.1) is 13.8 Å². The minimum atomic E-state index is -0.844. The van der Waals surface area contributed by atoms with E-state index in [2.05, 4.69) is 5.16 Å². The predicted molar refractivity (Wildman–Crippen MR) is 63.0 cm³/mol. The SMILES string of the molecule is CC1OC(CO)C(O)CC1=O.Cc1cc(C)on1. The molecule has 2 heterocycles. The van der Waals surface area contributed by atoms with E-state index in [9.17, 15) is 4.79 Å². The number of nitrogens with zero attached hydrogens (tertiary/aromatic N) is 1. The monoisotopic (exact) mass is 257 g/mol. The number of Topliss-reactive ketones (excluding diaryl/α,β-unsaturated/α-hetero) is 1. The Balaban J connectivity index is 0.000000199. The van der Waals surface area contributed by atoms with Gasteiger partial charge in [-0.2, -0.15) is 0 Å². The summed E-state index contributed by atoms with van der Waals surface area (Å²) in [5, 5.41) is 21.5. The van der Waals surface area contributed by atoms with Crippen molar-refractivity contribution in [2.75, 3.05) is 6.61 Å². The van der Waals surface area contributed by atoms with Crippen molar-refractivity contribution in [1.29, 1.82) is 0 Å². The zero-order valence-corrected chi connectivity index (χ0v) is 10.8. The number of hydrogen-bond acceptors (Lipinski definition) is 6. The van der Waals surface area contributed by atoms with Crippen LogP contribution < -0.4 is 0 Å². The summed E-state index contributed by atoms with van der Waals surface area (Å²) in [5.74, 6) is 0.764. The summed E-state index contributed by atoms with van der Waals surface area (Å²) < 4.78 is 9.72. The lowest BCUT2D eigenvalue weighted by Crippen LogP contribution is -2.45. The Hall–Kier alpha value is -1.24. The number of aliphatic hydroxyl groups excluding tert-OH is 2. The lowest BCUT2D eigenvalue weighted by atomic mass is 10.0. The van der Waals surface area contributed by atoms with E-state index >= 15 is 0 Å². The molecule has 1 aromatic heterocycles. The van der Waals surface area contributed by atoms with Gasteiger partial charge in [-0.15, -0.1) is 0 Å². The van der Waals surface area contributed by atoms with Crippen LogP contribution in [0.5, 0.6) is 0 Å². The fraction of sp³-hybridized carbons (Fsp3) is 0.667. The molecule has 6 heteroatoms. The maximum Gasteiger partial charge on any atom is 0.163 e. The largest absolute Gasteiger partial charge is 0.394 e. The van der Waals surface area contributed by atoms with Gasteiger partial charge in [0.1, 0.15) is 18.0 Å². The van der Waals surface area contributed by atoms with Gasteiger partial charge in [0.25, 0.3) is 0 Å². The van der Waals surface area contributed by atoms with Gasteiger partial charge in [-0.1, -0.05) is 5.16 Å². The Morgan fingerprint density at radius 1 is 1.50 bits per heavy atom. The Kier molecular flexibility index (Phi) is 5.46. The highest BCUT2D eigenvalue weighted by Crippen LogP contribution is 2.15. The minimum Gasteiger partial charge on any atom is -0.394 e. The van der Waals surface area contributed by atoms with Crippen molar-refractivity contribution in [1.82, 2.24) is 5.16 Å². The maximum atomic E-state index is 10.9. The van der Waals surface area contributed by atoms with Gasteiger partial charge in [0.2, 0.25) is 0 Å². The summed E-state index contributed by atoms with van der Waals surface area (Å²) in [6.07, 6.45) is -1.84. The first-order valence-electron chi connectivity index (χ1n) is 5.81. The van der Waals surface area contributed by atoms with E-state index in [4.69, 9.17) is 19.5 Å². The van der Waals surface area contributed by atoms with Crippen LogP contribution in [0.4, 0.5) is 0 Å². The molecule has 1 saturated heterocycles. The quantitative estimate of drug-likeness (QED) is 0.755. The molecule has 0 radical (unpaired) electrons. The molecule has 18 heavy (non-hydrogen) atoms. The zero-order chi connectivity index (χ0) is 13.7. The zero-order valence-electron chi connectivity index (χ0n) is 10.8. The van der Waals surface area contributed by atoms with Gasteiger partial charge in [0.15, 0.2) is 5.78 Å². The smallest absolute Gasteiger partial charge is 0.163 e. The number of ether oxygens (including phenoxy) is 1. The summed E-state index contributed by atoms with van der Waals surface area (Å²) in [4.78, 5) is 10.9. The molecule has 3 atom stereocenters. The lowest BCUT2D eigenvalue weighted by Gasteiger charge is -2.29. The van der Waals surface area contributed by atoms with Crippen molar-refractivity contribution >= 4 is 5.78 Å². The van der Waals surface area contributed by atoms with Crippen LogP contribution in [-0.4, -0.2) is 46.1 Å². The van der Waals surface area contributed by atoms with Crippen LogP contribution in [0.1, 0.15) is 24.8 Å². The van der Waals surface area contributed by atoms with Gasteiger partial charge >= 0.3 is 0 Å². The van der Waals surface area contributed by atoms with Crippen molar-refractivity contribution in [3.63, 3.8) is 0 Å². The number of aromatic nitrogens is 1. The summed E-state index contributed by atoms with van der Waals surface area (Å²) in [6, 6.07) is 1.89. The summed E-state index contributed by atoms with van der Waals surface area (Å²) in [6.45, 7) is 5.16. The molecule has 1 fully saturated rings. The molecule has 0 bridgehead atoms. The van der Waals surface area contributed by atoms with Gasteiger partial charge in [0, 0.05) is 12.5 Å². The molecule has 3 unspecified atom stereocenters. The summed E-state index contributed by atoms with van der Waals surface area (Å²) in [7, 11) is 0. The Labute approximate surface area is 106 Å². The normalized spacial score (nSPS) is 27.6. The van der Waals surface area contributed by atoms with Gasteiger partial charge in [-0.25, -0.2) is 0 Å². The van der Waals surface area contributed by atoms with Gasteiger partial charge < -0.3 is 19.5 Å². The Bertz CT molecular complexity index is 373. The van der Waals surface area contributed by atoms with E-state index in [0.29, 0.717) is 0 Å². The Morgan fingerprint density at radius 3 is 2.56 bits per heavy atom. The van der Waals surface area contributed by atoms with Crippen molar-refractivity contribution in [3.05, 3.63) is 17.5 Å². The van der Waals surface area contributed by atoms with E-state index in [-0.39, 0.29) is 18.8 Å². The van der Waals surface area contributed by atoms with Crippen LogP contribution in [0.15, 0.2) is 10.6 Å². The summed E-state index contributed by atoms with van der Waals surface area (Å²) >= 11 is 0. The fourth-order valence-electron chi connectivity index (χ4n) is 1.59. The highest BCUT2D eigenvalue weighted by atomic mass is 16.5. The molecule has 2 N–H and O–H groups in total. The van der Waals surface area contributed by atoms with Crippen molar-refractivity contribution < 1.29 is 24.3 Å². The molecule has 1 aromatic rings. The van der Waals surface area contributed by atoms with Crippen LogP contribution in [0.3, 0.4) is 0 Å². The van der Waals surface area contributed by atoms with Crippen molar-refractivity contribution in [2.24, 2.45) is 0 Å². The molecule has 0 spiro atoms. The number of rotatable bonds is 1. The van der Waals surface area contributed by atoms with Crippen LogP contribution in [-0.2, 0) is 9.53 Å². The third-order valence-corrected chi connectivity index (χ3v) is 2.60. The highest BCUT2D eigenvalue weighted by molar-refractivity contribution is 5.83. The van der Waals surface area contributed by atoms with Gasteiger partial charge in [-0.3, -0.25) is 4.79 Å². The number of ketones is 1. The minimum absolute atomic E-state index is 0.0897. The second-order valence-corrected chi connectivity index (χ2v) is 4.32. The number of carbonyl (C=O) groups excluding carboxylic acids is 1. The number of hydrogen-bond donors (Lipinski definition) is 2. The molecule has 0 amide bonds. The molecule has 0 saturated carbocycles. The lowest BCUT2D eigenvalue weighted by molar-refractivity contribution is -0.160. The van der Waals surface area contributed by atoms with Crippen LogP contribution in [0.25, 0.3) is 0 Å². The topological polar surface area (TPSA) is 92.8 Å². The molecular formula is C12H19NO5. The van der Waals surface area contributed by atoms with Crippen molar-refractivity contribution in [2.45, 2.75) is 45.5 Å². The van der Waals surface area contributed by atoms with Crippen molar-refractivity contribution in [3.8, 4) is 0 Å². The third kappa shape index (κ3) is 4.21. The van der Waals surface area contributed by atoms with Gasteiger partial charge in [-0.05, 0) is 20.8 Å². The molecule has 2 rings (SSSR count). The third-order valence-electron chi connectivity index (χ3n) is 2.60. The van der Waals surface area contributed by atoms with E-state index in [1.165, 1.54) is 0 Å². The number of aliphatic hydroxyl groups is 2. The van der Waals surface area contributed by atoms with Gasteiger partial charge in [0.05, 0.1) is 18.4 Å². The van der Waals surface area contributed by atoms with E-state index in [0.717, 1.165) is 11.5 Å². The molecule has 1 aliphatic rings. The molecule has 102 valence electrons. The maximum absolute atomic E-state index is 10.9. The first-order valence-corrected chi connectivity index (χ1v) is 5.81. The molecule has 0 aliphatic carbocycles. The van der Waals surface area contributed by atoms with Crippen LogP contribution in [0.2, 0.25) is 0 Å². The Morgan fingerprint density at radius 2 is 2.17 bits per heavy atom. The standard InChI is InChI=1S/C7H12O4.C5H7NO/c1-4-5(9)2-6(10)7(3-8)11-4;1-4-3-5(2)7-6-4/h4,6-8,10H,2-3H2,1H3;3H,1-2H3. The molecule has 1 aliphatic heterocycles. The van der Waals surface area contributed by atoms with E-state index in [1.54, 1.807) is 6.92 Å². The second-order valence-electron chi connectivity index (χ2n) is 4.32. The fourth-order valence-corrected chi connectivity index (χ4v) is 1.59. The number of aryl methyl sites for hydroxylation is 2. The average Bonchev–Trinajstić information content (AvgIpc) is 2.68. The first kappa shape index (κ1) is 14.8. The summed E-state index contributed by atoms with van der Waals surface area (Å²) in [5.41, 5.74) is 0.942. The second kappa shape index (κ2) is 6.63. The predicted octanol–water partition coefficient (Wildman–Crippen LogP) is 0.378. The average molecular weight is 257 g/mol. The number of carbonyl (C=O) groups is 1. The highest BCUT2D eigenvalue weighted by Gasteiger charge is 2.32. The molecule has 0 aromatic carbocycles. The first-order chi connectivity index (χ1) is 8.43. The van der Waals surface area contributed by atoms with Crippen LogP contribution >= 0.6 is 0 Å².